The fourth-order valence-corrected chi connectivity index (χ4v) is 3.97. The van der Waals surface area contributed by atoms with E-state index in [9.17, 15) is 9.18 Å². The Morgan fingerprint density at radius 2 is 2.00 bits per heavy atom. The second kappa shape index (κ2) is 10.0. The third kappa shape index (κ3) is 5.70. The van der Waals surface area contributed by atoms with E-state index >= 15 is 0 Å². The molecule has 1 aliphatic carbocycles. The molecule has 0 bridgehead atoms. The number of aromatic nitrogens is 4. The van der Waals surface area contributed by atoms with Crippen molar-refractivity contribution in [2.24, 2.45) is 5.92 Å². The smallest absolute Gasteiger partial charge is 0.227 e. The average Bonchev–Trinajstić information content (AvgIpc) is 3.32. The van der Waals surface area contributed by atoms with Gasteiger partial charge in [0, 0.05) is 24.2 Å². The number of nitrogens with zero attached hydrogens (tertiary/aromatic N) is 4. The number of rotatable bonds is 10. The van der Waals surface area contributed by atoms with Crippen LogP contribution in [0.5, 0.6) is 0 Å². The number of carbonyl (C=O) groups is 1. The summed E-state index contributed by atoms with van der Waals surface area (Å²) in [5, 5.41) is 16.0. The molecule has 1 atom stereocenters. The SMILES string of the molecule is Cc1cc(F)ccc1NC(=O)C[C@H](OC(C)C)c1nnc(-c2cc(CC(C)C)on2)n1C1CC1. The van der Waals surface area contributed by atoms with Gasteiger partial charge >= 0.3 is 0 Å². The summed E-state index contributed by atoms with van der Waals surface area (Å²) in [6.45, 7) is 9.84. The number of ether oxygens (including phenoxy) is 1. The lowest BCUT2D eigenvalue weighted by Crippen LogP contribution is -2.22. The van der Waals surface area contributed by atoms with Crippen molar-refractivity contribution in [1.82, 2.24) is 19.9 Å². The van der Waals surface area contributed by atoms with Crippen LogP contribution in [0.4, 0.5) is 10.1 Å². The van der Waals surface area contributed by atoms with Crippen LogP contribution in [-0.4, -0.2) is 31.9 Å². The van der Waals surface area contributed by atoms with E-state index in [-0.39, 0.29) is 30.3 Å². The predicted octanol–water partition coefficient (Wildman–Crippen LogP) is 5.41. The van der Waals surface area contributed by atoms with Crippen LogP contribution in [0, 0.1) is 18.7 Å². The molecule has 3 aromatic rings. The van der Waals surface area contributed by atoms with Crippen molar-refractivity contribution < 1.29 is 18.4 Å². The van der Waals surface area contributed by atoms with Gasteiger partial charge in [0.15, 0.2) is 17.3 Å². The molecule has 2 heterocycles. The predicted molar refractivity (Wildman–Crippen MR) is 126 cm³/mol. The number of nitrogens with one attached hydrogen (secondary N) is 1. The highest BCUT2D eigenvalue weighted by molar-refractivity contribution is 5.91. The Morgan fingerprint density at radius 1 is 1.24 bits per heavy atom. The zero-order valence-electron chi connectivity index (χ0n) is 20.3. The van der Waals surface area contributed by atoms with Gasteiger partial charge in [-0.15, -0.1) is 10.2 Å². The summed E-state index contributed by atoms with van der Waals surface area (Å²) in [6, 6.07) is 6.43. The number of benzene rings is 1. The fraction of sp³-hybridized carbons (Fsp3) is 0.520. The first-order valence-electron chi connectivity index (χ1n) is 11.8. The number of hydrogen-bond acceptors (Lipinski definition) is 6. The molecule has 34 heavy (non-hydrogen) atoms. The Bertz CT molecular complexity index is 1150. The first-order valence-corrected chi connectivity index (χ1v) is 11.8. The van der Waals surface area contributed by atoms with Crippen LogP contribution in [-0.2, 0) is 16.0 Å². The molecule has 2 aromatic heterocycles. The van der Waals surface area contributed by atoms with Crippen LogP contribution in [0.2, 0.25) is 0 Å². The molecular weight excluding hydrogens is 437 g/mol. The van der Waals surface area contributed by atoms with Crippen molar-refractivity contribution in [2.45, 2.75) is 78.6 Å². The van der Waals surface area contributed by atoms with Crippen molar-refractivity contribution in [2.75, 3.05) is 5.32 Å². The van der Waals surface area contributed by atoms with Crippen molar-refractivity contribution in [1.29, 1.82) is 0 Å². The van der Waals surface area contributed by atoms with Gasteiger partial charge in [-0.1, -0.05) is 19.0 Å². The normalized spacial score (nSPS) is 14.7. The van der Waals surface area contributed by atoms with E-state index in [1.165, 1.54) is 12.1 Å². The van der Waals surface area contributed by atoms with Crippen molar-refractivity contribution in [3.63, 3.8) is 0 Å². The van der Waals surface area contributed by atoms with Gasteiger partial charge in [0.1, 0.15) is 17.7 Å². The molecule has 0 saturated heterocycles. The molecule has 0 spiro atoms. The van der Waals surface area contributed by atoms with Gasteiger partial charge in [-0.3, -0.25) is 4.79 Å². The molecule has 0 radical (unpaired) electrons. The molecule has 182 valence electrons. The molecular formula is C25H32FN5O3. The zero-order valence-corrected chi connectivity index (χ0v) is 20.3. The molecule has 0 unspecified atom stereocenters. The maximum Gasteiger partial charge on any atom is 0.227 e. The molecule has 1 fully saturated rings. The Kier molecular flexibility index (Phi) is 7.11. The lowest BCUT2D eigenvalue weighted by atomic mass is 10.1. The molecule has 1 amide bonds. The monoisotopic (exact) mass is 469 g/mol. The second-order valence-electron chi connectivity index (χ2n) is 9.64. The van der Waals surface area contributed by atoms with E-state index in [1.807, 2.05) is 24.5 Å². The number of halogens is 1. The number of amides is 1. The quantitative estimate of drug-likeness (QED) is 0.427. The van der Waals surface area contributed by atoms with Crippen LogP contribution < -0.4 is 5.32 Å². The maximum absolute atomic E-state index is 13.4. The summed E-state index contributed by atoms with van der Waals surface area (Å²) in [5.74, 6) is 1.90. The molecule has 1 aromatic carbocycles. The summed E-state index contributed by atoms with van der Waals surface area (Å²) >= 11 is 0. The Morgan fingerprint density at radius 3 is 2.65 bits per heavy atom. The van der Waals surface area contributed by atoms with E-state index in [1.54, 1.807) is 13.0 Å². The number of anilines is 1. The summed E-state index contributed by atoms with van der Waals surface area (Å²) in [4.78, 5) is 12.9. The molecule has 0 aliphatic heterocycles. The first-order chi connectivity index (χ1) is 16.2. The van der Waals surface area contributed by atoms with Crippen molar-refractivity contribution in [3.8, 4) is 11.5 Å². The van der Waals surface area contributed by atoms with Gasteiger partial charge in [0.25, 0.3) is 0 Å². The summed E-state index contributed by atoms with van der Waals surface area (Å²) in [5.41, 5.74) is 1.86. The Hall–Kier alpha value is -3.07. The van der Waals surface area contributed by atoms with Crippen molar-refractivity contribution in [3.05, 3.63) is 47.2 Å². The van der Waals surface area contributed by atoms with E-state index in [0.717, 1.165) is 25.0 Å². The molecule has 1 N–H and O–H groups in total. The minimum atomic E-state index is -0.593. The first kappa shape index (κ1) is 24.1. The highest BCUT2D eigenvalue weighted by Crippen LogP contribution is 2.41. The zero-order chi connectivity index (χ0) is 24.4. The topological polar surface area (TPSA) is 95.1 Å². The minimum absolute atomic E-state index is 0.0528. The van der Waals surface area contributed by atoms with Gasteiger partial charge in [0.05, 0.1) is 12.5 Å². The number of hydrogen-bond donors (Lipinski definition) is 1. The van der Waals surface area contributed by atoms with Crippen LogP contribution in [0.15, 0.2) is 28.8 Å². The summed E-state index contributed by atoms with van der Waals surface area (Å²) < 4.78 is 27.1. The van der Waals surface area contributed by atoms with E-state index in [4.69, 9.17) is 9.26 Å². The van der Waals surface area contributed by atoms with Gasteiger partial charge in [-0.2, -0.15) is 0 Å². The van der Waals surface area contributed by atoms with Crippen LogP contribution in [0.25, 0.3) is 11.5 Å². The molecule has 4 rings (SSSR count). The van der Waals surface area contributed by atoms with E-state index in [0.29, 0.717) is 34.5 Å². The second-order valence-corrected chi connectivity index (χ2v) is 9.64. The highest BCUT2D eigenvalue weighted by atomic mass is 19.1. The third-order valence-corrected chi connectivity index (χ3v) is 5.59. The minimum Gasteiger partial charge on any atom is -0.367 e. The lowest BCUT2D eigenvalue weighted by Gasteiger charge is -2.21. The third-order valence-electron chi connectivity index (χ3n) is 5.59. The largest absolute Gasteiger partial charge is 0.367 e. The summed E-state index contributed by atoms with van der Waals surface area (Å²) in [7, 11) is 0. The number of aryl methyl sites for hydroxylation is 1. The van der Waals surface area contributed by atoms with Gasteiger partial charge in [-0.25, -0.2) is 4.39 Å². The summed E-state index contributed by atoms with van der Waals surface area (Å²) in [6.07, 6.45) is 2.14. The Balaban J connectivity index is 1.60. The van der Waals surface area contributed by atoms with E-state index < -0.39 is 6.10 Å². The van der Waals surface area contributed by atoms with Crippen molar-refractivity contribution >= 4 is 11.6 Å². The van der Waals surface area contributed by atoms with Gasteiger partial charge in [-0.05, 0) is 63.3 Å². The van der Waals surface area contributed by atoms with Crippen LogP contribution in [0.1, 0.15) is 76.3 Å². The van der Waals surface area contributed by atoms with Gasteiger partial charge in [0.2, 0.25) is 5.91 Å². The standard InChI is InChI=1S/C25H32FN5O3/c1-14(2)10-19-12-21(30-34-19)24-28-29-25(31(24)18-7-8-18)22(33-15(3)4)13-23(32)27-20-9-6-17(26)11-16(20)5/h6,9,11-12,14-15,18,22H,7-8,10,13H2,1-5H3,(H,27,32)/t22-/m0/s1. The van der Waals surface area contributed by atoms with E-state index in [2.05, 4.69) is 34.5 Å². The maximum atomic E-state index is 13.4. The lowest BCUT2D eigenvalue weighted by molar-refractivity contribution is -0.120. The highest BCUT2D eigenvalue weighted by Gasteiger charge is 2.35. The number of carbonyl (C=O) groups excluding carboxylic acids is 1. The molecule has 1 saturated carbocycles. The molecule has 1 aliphatic rings. The van der Waals surface area contributed by atoms with Crippen LogP contribution in [0.3, 0.4) is 0 Å². The van der Waals surface area contributed by atoms with Gasteiger partial charge < -0.3 is 19.1 Å². The van der Waals surface area contributed by atoms with Crippen LogP contribution >= 0.6 is 0 Å². The average molecular weight is 470 g/mol. The fourth-order valence-electron chi connectivity index (χ4n) is 3.97. The Labute approximate surface area is 198 Å². The molecule has 9 heteroatoms. The molecule has 8 nitrogen and oxygen atoms in total.